The highest BCUT2D eigenvalue weighted by atomic mass is 32.1. The molecule has 0 saturated carbocycles. The quantitative estimate of drug-likeness (QED) is 0.635. The van der Waals surface area contributed by atoms with Crippen molar-refractivity contribution >= 4 is 39.9 Å². The zero-order valence-corrected chi connectivity index (χ0v) is 16.9. The average molecular weight is 420 g/mol. The highest BCUT2D eigenvalue weighted by Gasteiger charge is 2.20. The van der Waals surface area contributed by atoms with E-state index in [1.54, 1.807) is 48.0 Å². The highest BCUT2D eigenvalue weighted by Crippen LogP contribution is 2.17. The number of hydrogen-bond donors (Lipinski definition) is 2. The van der Waals surface area contributed by atoms with Gasteiger partial charge in [-0.1, -0.05) is 12.1 Å². The van der Waals surface area contributed by atoms with E-state index in [0.29, 0.717) is 34.9 Å². The van der Waals surface area contributed by atoms with Crippen LogP contribution in [0.4, 0.5) is 10.8 Å². The molecule has 7 nitrogen and oxygen atoms in total. The Morgan fingerprint density at radius 2 is 1.63 bits per heavy atom. The number of rotatable bonds is 6. The fourth-order valence-corrected chi connectivity index (χ4v) is 3.74. The van der Waals surface area contributed by atoms with Crippen LogP contribution in [-0.4, -0.2) is 34.2 Å². The van der Waals surface area contributed by atoms with Crippen molar-refractivity contribution in [2.24, 2.45) is 0 Å². The summed E-state index contributed by atoms with van der Waals surface area (Å²) in [5, 5.41) is 7.86. The van der Waals surface area contributed by atoms with Crippen LogP contribution >= 0.6 is 11.3 Å². The minimum atomic E-state index is -0.255. The molecular formula is C22H20N4O3S. The third-order valence-corrected chi connectivity index (χ3v) is 5.51. The molecule has 30 heavy (non-hydrogen) atoms. The molecule has 1 aliphatic heterocycles. The second-order valence-electron chi connectivity index (χ2n) is 6.94. The van der Waals surface area contributed by atoms with Crippen LogP contribution in [0, 0.1) is 0 Å². The zero-order chi connectivity index (χ0) is 20.9. The van der Waals surface area contributed by atoms with E-state index in [-0.39, 0.29) is 17.7 Å². The molecule has 2 N–H and O–H groups in total. The Kier molecular flexibility index (Phi) is 5.85. The molecule has 2 aromatic carbocycles. The SMILES string of the molecule is O=C(Nc1ccc(C(=O)Nc2nccs2)cc1)c1ccc(CN2CCCC2=O)cc1. The molecule has 1 aliphatic rings. The third kappa shape index (κ3) is 4.72. The first kappa shape index (κ1) is 19.8. The van der Waals surface area contributed by atoms with Gasteiger partial charge in [0.05, 0.1) is 0 Å². The van der Waals surface area contributed by atoms with Crippen LogP contribution in [0.25, 0.3) is 0 Å². The number of aromatic nitrogens is 1. The number of carbonyl (C=O) groups is 3. The number of hydrogen-bond acceptors (Lipinski definition) is 5. The molecule has 8 heteroatoms. The van der Waals surface area contributed by atoms with Gasteiger partial charge in [-0.05, 0) is 48.4 Å². The summed E-state index contributed by atoms with van der Waals surface area (Å²) >= 11 is 1.35. The fraction of sp³-hybridized carbons (Fsp3) is 0.182. The molecule has 2 heterocycles. The normalized spacial score (nSPS) is 13.3. The highest BCUT2D eigenvalue weighted by molar-refractivity contribution is 7.13. The molecule has 1 aromatic heterocycles. The maximum Gasteiger partial charge on any atom is 0.257 e. The van der Waals surface area contributed by atoms with Crippen molar-refractivity contribution in [3.63, 3.8) is 0 Å². The van der Waals surface area contributed by atoms with Gasteiger partial charge in [-0.3, -0.25) is 19.7 Å². The van der Waals surface area contributed by atoms with Crippen molar-refractivity contribution in [1.82, 2.24) is 9.88 Å². The third-order valence-electron chi connectivity index (χ3n) is 4.82. The molecule has 4 rings (SSSR count). The van der Waals surface area contributed by atoms with Gasteiger partial charge in [0.2, 0.25) is 5.91 Å². The molecule has 1 fully saturated rings. The lowest BCUT2D eigenvalue weighted by atomic mass is 10.1. The molecule has 1 saturated heterocycles. The Morgan fingerprint density at radius 3 is 2.23 bits per heavy atom. The second kappa shape index (κ2) is 8.87. The summed E-state index contributed by atoms with van der Waals surface area (Å²) in [5.41, 5.74) is 2.59. The number of carbonyl (C=O) groups excluding carboxylic acids is 3. The molecule has 0 bridgehead atoms. The van der Waals surface area contributed by atoms with Crippen molar-refractivity contribution in [3.05, 3.63) is 76.8 Å². The predicted molar refractivity (Wildman–Crippen MR) is 116 cm³/mol. The summed E-state index contributed by atoms with van der Waals surface area (Å²) < 4.78 is 0. The molecule has 0 atom stereocenters. The average Bonchev–Trinajstić information content (AvgIpc) is 3.41. The van der Waals surface area contributed by atoms with Gasteiger partial charge >= 0.3 is 0 Å². The summed E-state index contributed by atoms with van der Waals surface area (Å²) in [6.45, 7) is 1.37. The maximum absolute atomic E-state index is 12.5. The Bertz CT molecular complexity index is 1050. The van der Waals surface area contributed by atoms with E-state index in [9.17, 15) is 14.4 Å². The molecule has 3 amide bonds. The number of benzene rings is 2. The molecule has 0 aliphatic carbocycles. The lowest BCUT2D eigenvalue weighted by Crippen LogP contribution is -2.23. The minimum Gasteiger partial charge on any atom is -0.338 e. The predicted octanol–water partition coefficient (Wildman–Crippen LogP) is 3.77. The van der Waals surface area contributed by atoms with E-state index in [4.69, 9.17) is 0 Å². The summed E-state index contributed by atoms with van der Waals surface area (Å²) in [7, 11) is 0. The topological polar surface area (TPSA) is 91.4 Å². The van der Waals surface area contributed by atoms with Crippen LogP contribution in [0.15, 0.2) is 60.1 Å². The van der Waals surface area contributed by atoms with Gasteiger partial charge < -0.3 is 10.2 Å². The monoisotopic (exact) mass is 420 g/mol. The molecule has 0 spiro atoms. The van der Waals surface area contributed by atoms with Gasteiger partial charge in [-0.15, -0.1) is 11.3 Å². The van der Waals surface area contributed by atoms with E-state index in [0.717, 1.165) is 18.5 Å². The second-order valence-corrected chi connectivity index (χ2v) is 7.83. The number of thiazole rings is 1. The smallest absolute Gasteiger partial charge is 0.257 e. The first-order valence-electron chi connectivity index (χ1n) is 9.57. The molecule has 152 valence electrons. The number of amides is 3. The molecule has 0 unspecified atom stereocenters. The van der Waals surface area contributed by atoms with Crippen LogP contribution in [0.2, 0.25) is 0 Å². The van der Waals surface area contributed by atoms with E-state index in [1.165, 1.54) is 11.3 Å². The first-order chi connectivity index (χ1) is 14.6. The van der Waals surface area contributed by atoms with Gasteiger partial charge in [0, 0.05) is 47.9 Å². The Hall–Kier alpha value is -3.52. The number of likely N-dealkylation sites (tertiary alicyclic amines) is 1. The van der Waals surface area contributed by atoms with Gasteiger partial charge in [0.15, 0.2) is 5.13 Å². The largest absolute Gasteiger partial charge is 0.338 e. The van der Waals surface area contributed by atoms with Gasteiger partial charge in [0.25, 0.3) is 11.8 Å². The van der Waals surface area contributed by atoms with Crippen molar-refractivity contribution in [2.45, 2.75) is 19.4 Å². The number of nitrogens with zero attached hydrogens (tertiary/aromatic N) is 2. The Labute approximate surface area is 177 Å². The summed E-state index contributed by atoms with van der Waals surface area (Å²) in [5.74, 6) is -0.311. The van der Waals surface area contributed by atoms with Crippen molar-refractivity contribution in [2.75, 3.05) is 17.2 Å². The summed E-state index contributed by atoms with van der Waals surface area (Å²) in [4.78, 5) is 42.3. The Morgan fingerprint density at radius 1 is 0.967 bits per heavy atom. The van der Waals surface area contributed by atoms with Crippen LogP contribution < -0.4 is 10.6 Å². The van der Waals surface area contributed by atoms with Crippen LogP contribution in [0.1, 0.15) is 39.1 Å². The lowest BCUT2D eigenvalue weighted by molar-refractivity contribution is -0.128. The van der Waals surface area contributed by atoms with Crippen molar-refractivity contribution in [3.8, 4) is 0 Å². The van der Waals surface area contributed by atoms with Crippen LogP contribution in [-0.2, 0) is 11.3 Å². The Balaban J connectivity index is 1.34. The van der Waals surface area contributed by atoms with E-state index in [2.05, 4.69) is 15.6 Å². The zero-order valence-electron chi connectivity index (χ0n) is 16.1. The van der Waals surface area contributed by atoms with Crippen LogP contribution in [0.5, 0.6) is 0 Å². The molecular weight excluding hydrogens is 400 g/mol. The van der Waals surface area contributed by atoms with Crippen LogP contribution in [0.3, 0.4) is 0 Å². The van der Waals surface area contributed by atoms with E-state index < -0.39 is 0 Å². The minimum absolute atomic E-state index is 0.181. The van der Waals surface area contributed by atoms with Gasteiger partial charge in [-0.25, -0.2) is 4.98 Å². The first-order valence-corrected chi connectivity index (χ1v) is 10.5. The summed E-state index contributed by atoms with van der Waals surface area (Å²) in [6, 6.07) is 13.9. The molecule has 0 radical (unpaired) electrons. The maximum atomic E-state index is 12.5. The van der Waals surface area contributed by atoms with E-state index >= 15 is 0 Å². The van der Waals surface area contributed by atoms with Crippen molar-refractivity contribution in [1.29, 1.82) is 0 Å². The lowest BCUT2D eigenvalue weighted by Gasteiger charge is -2.15. The van der Waals surface area contributed by atoms with Crippen molar-refractivity contribution < 1.29 is 14.4 Å². The standard InChI is InChI=1S/C22H20N4O3S/c27-19-2-1-12-26(19)14-15-3-5-16(6-4-15)20(28)24-18-9-7-17(8-10-18)21(29)25-22-23-11-13-30-22/h3-11,13H,1-2,12,14H2,(H,24,28)(H,23,25,29). The fourth-order valence-electron chi connectivity index (χ4n) is 3.22. The van der Waals surface area contributed by atoms with Gasteiger partial charge in [-0.2, -0.15) is 0 Å². The number of nitrogens with one attached hydrogen (secondary N) is 2. The summed E-state index contributed by atoms with van der Waals surface area (Å²) in [6.07, 6.45) is 3.15. The van der Waals surface area contributed by atoms with Gasteiger partial charge in [0.1, 0.15) is 0 Å². The van der Waals surface area contributed by atoms with E-state index in [1.807, 2.05) is 17.0 Å². The molecule has 3 aromatic rings. The number of anilines is 2.